The number of hydrogen-bond donors (Lipinski definition) is 1. The lowest BCUT2D eigenvalue weighted by Crippen LogP contribution is -2.52. The number of piperidine rings is 1. The lowest BCUT2D eigenvalue weighted by Gasteiger charge is -2.40. The second-order valence-electron chi connectivity index (χ2n) is 8.54. The molecule has 1 aromatic carbocycles. The van der Waals surface area contributed by atoms with Gasteiger partial charge < -0.3 is 19.5 Å². The highest BCUT2D eigenvalue weighted by Gasteiger charge is 2.36. The van der Waals surface area contributed by atoms with Crippen molar-refractivity contribution in [1.29, 1.82) is 0 Å². The summed E-state index contributed by atoms with van der Waals surface area (Å²) in [5.41, 5.74) is 0.466. The molecule has 3 rings (SSSR count). The Morgan fingerprint density at radius 2 is 1.88 bits per heavy atom. The molecule has 6 nitrogen and oxygen atoms in total. The van der Waals surface area contributed by atoms with Gasteiger partial charge in [-0.1, -0.05) is 17.2 Å². The van der Waals surface area contributed by atoms with E-state index in [9.17, 15) is 14.7 Å². The molecule has 1 aliphatic heterocycles. The van der Waals surface area contributed by atoms with Crippen LogP contribution in [-0.4, -0.2) is 56.5 Å². The minimum absolute atomic E-state index is 0.0914. The first-order valence-electron chi connectivity index (χ1n) is 10.7. The molecule has 0 unspecified atom stereocenters. The minimum Gasteiger partial charge on any atom is -0.388 e. The van der Waals surface area contributed by atoms with E-state index in [1.54, 1.807) is 29.3 Å². The average Bonchev–Trinajstić information content (AvgIpc) is 3.25. The van der Waals surface area contributed by atoms with E-state index in [1.165, 1.54) is 0 Å². The molecule has 1 saturated heterocycles. The highest BCUT2D eigenvalue weighted by molar-refractivity contribution is 14.1. The number of nitrogens with zero attached hydrogens (tertiary/aromatic N) is 3. The first-order chi connectivity index (χ1) is 15.2. The Hall–Kier alpha value is -1.84. The maximum Gasteiger partial charge on any atom is 0.258 e. The number of allylic oxidation sites excluding steroid dienone is 1. The molecular formula is C24H29ClIN3O3. The number of hydrogen-bond acceptors (Lipinski definition) is 3. The summed E-state index contributed by atoms with van der Waals surface area (Å²) >= 11 is 8.14. The summed E-state index contributed by atoms with van der Waals surface area (Å²) in [4.78, 5) is 29.2. The molecule has 0 aliphatic carbocycles. The van der Waals surface area contributed by atoms with Crippen molar-refractivity contribution in [1.82, 2.24) is 14.4 Å². The zero-order valence-electron chi connectivity index (χ0n) is 18.4. The SMILES string of the molecule is CC(C)=CN(CC1(O)CCN(C(=O)CCn2cccc2)CC1)C(=O)c1ccc(Cl)cc1I. The van der Waals surface area contributed by atoms with Gasteiger partial charge in [0.15, 0.2) is 0 Å². The van der Waals surface area contributed by atoms with Gasteiger partial charge in [0, 0.05) is 53.2 Å². The van der Waals surface area contributed by atoms with Crippen LogP contribution in [0.3, 0.4) is 0 Å². The van der Waals surface area contributed by atoms with E-state index in [-0.39, 0.29) is 18.4 Å². The monoisotopic (exact) mass is 569 g/mol. The first-order valence-corrected chi connectivity index (χ1v) is 12.1. The van der Waals surface area contributed by atoms with Crippen LogP contribution in [0.5, 0.6) is 0 Å². The standard InChI is InChI=1S/C24H29ClIN3O3/c1-18(2)16-29(23(31)20-6-5-19(25)15-21(20)26)17-24(32)8-13-28(14-9-24)22(30)7-12-27-10-3-4-11-27/h3-6,10-11,15-16,32H,7-9,12-14,17H2,1-2H3. The molecule has 172 valence electrons. The third kappa shape index (κ3) is 6.59. The molecule has 2 heterocycles. The molecule has 0 spiro atoms. The highest BCUT2D eigenvalue weighted by atomic mass is 127. The predicted octanol–water partition coefficient (Wildman–Crippen LogP) is 4.56. The van der Waals surface area contributed by atoms with Crippen molar-refractivity contribution in [2.75, 3.05) is 19.6 Å². The van der Waals surface area contributed by atoms with Crippen LogP contribution in [0.2, 0.25) is 5.02 Å². The normalized spacial score (nSPS) is 15.3. The van der Waals surface area contributed by atoms with E-state index in [2.05, 4.69) is 22.6 Å². The van der Waals surface area contributed by atoms with Crippen LogP contribution in [0, 0.1) is 3.57 Å². The molecule has 2 amide bonds. The number of carbonyl (C=O) groups excluding carboxylic acids is 2. The fraction of sp³-hybridized carbons (Fsp3) is 0.417. The molecule has 1 fully saturated rings. The summed E-state index contributed by atoms with van der Waals surface area (Å²) in [5.74, 6) is -0.0837. The van der Waals surface area contributed by atoms with E-state index in [0.717, 1.165) is 9.14 Å². The molecule has 1 aromatic heterocycles. The maximum atomic E-state index is 13.3. The Bertz CT molecular complexity index is 978. The van der Waals surface area contributed by atoms with Gasteiger partial charge in [0.2, 0.25) is 5.91 Å². The summed E-state index contributed by atoms with van der Waals surface area (Å²) in [5, 5.41) is 11.8. The Kier molecular flexibility index (Phi) is 8.41. The van der Waals surface area contributed by atoms with Crippen molar-refractivity contribution in [2.45, 2.75) is 45.3 Å². The number of halogens is 2. The Balaban J connectivity index is 1.63. The van der Waals surface area contributed by atoms with Gasteiger partial charge in [0.05, 0.1) is 17.7 Å². The fourth-order valence-electron chi connectivity index (χ4n) is 3.86. The van der Waals surface area contributed by atoms with Gasteiger partial charge in [-0.25, -0.2) is 0 Å². The average molecular weight is 570 g/mol. The number of amides is 2. The van der Waals surface area contributed by atoms with Gasteiger partial charge in [0.25, 0.3) is 5.91 Å². The van der Waals surface area contributed by atoms with Crippen LogP contribution in [-0.2, 0) is 11.3 Å². The van der Waals surface area contributed by atoms with Crippen LogP contribution in [0.4, 0.5) is 0 Å². The molecule has 8 heteroatoms. The van der Waals surface area contributed by atoms with E-state index < -0.39 is 5.60 Å². The Labute approximate surface area is 208 Å². The molecule has 0 atom stereocenters. The number of likely N-dealkylation sites (tertiary alicyclic amines) is 1. The third-order valence-electron chi connectivity index (χ3n) is 5.60. The zero-order chi connectivity index (χ0) is 23.3. The van der Waals surface area contributed by atoms with Gasteiger partial charge in [-0.15, -0.1) is 0 Å². The molecule has 0 radical (unpaired) electrons. The number of aliphatic hydroxyl groups is 1. The van der Waals surface area contributed by atoms with E-state index in [1.807, 2.05) is 47.8 Å². The van der Waals surface area contributed by atoms with Gasteiger partial charge in [-0.3, -0.25) is 9.59 Å². The van der Waals surface area contributed by atoms with Crippen LogP contribution < -0.4 is 0 Å². The molecule has 0 saturated carbocycles. The van der Waals surface area contributed by atoms with E-state index >= 15 is 0 Å². The van der Waals surface area contributed by atoms with Gasteiger partial charge in [0.1, 0.15) is 0 Å². The number of aryl methyl sites for hydroxylation is 1. The third-order valence-corrected chi connectivity index (χ3v) is 6.73. The van der Waals surface area contributed by atoms with Crippen molar-refractivity contribution in [3.63, 3.8) is 0 Å². The highest BCUT2D eigenvalue weighted by Crippen LogP contribution is 2.26. The van der Waals surface area contributed by atoms with E-state index in [4.69, 9.17) is 11.6 Å². The van der Waals surface area contributed by atoms with Gasteiger partial charge >= 0.3 is 0 Å². The van der Waals surface area contributed by atoms with Crippen molar-refractivity contribution in [3.05, 3.63) is 68.7 Å². The Morgan fingerprint density at radius 3 is 2.47 bits per heavy atom. The van der Waals surface area contributed by atoms with Crippen LogP contribution in [0.15, 0.2) is 54.5 Å². The topological polar surface area (TPSA) is 65.8 Å². The fourth-order valence-corrected chi connectivity index (χ4v) is 4.96. The second kappa shape index (κ2) is 10.9. The van der Waals surface area contributed by atoms with E-state index in [0.29, 0.717) is 49.5 Å². The maximum absolute atomic E-state index is 13.3. The minimum atomic E-state index is -1.04. The molecule has 32 heavy (non-hydrogen) atoms. The van der Waals surface area contributed by atoms with Gasteiger partial charge in [-0.2, -0.15) is 0 Å². The predicted molar refractivity (Wildman–Crippen MR) is 134 cm³/mol. The van der Waals surface area contributed by atoms with Crippen molar-refractivity contribution in [2.24, 2.45) is 0 Å². The number of benzene rings is 1. The zero-order valence-corrected chi connectivity index (χ0v) is 21.3. The van der Waals surface area contributed by atoms with Crippen LogP contribution in [0.1, 0.15) is 43.5 Å². The lowest BCUT2D eigenvalue weighted by molar-refractivity contribution is -0.136. The van der Waals surface area contributed by atoms with Crippen LogP contribution in [0.25, 0.3) is 0 Å². The smallest absolute Gasteiger partial charge is 0.258 e. The Morgan fingerprint density at radius 1 is 1.22 bits per heavy atom. The molecule has 2 aromatic rings. The number of rotatable bonds is 7. The summed E-state index contributed by atoms with van der Waals surface area (Å²) in [7, 11) is 0. The van der Waals surface area contributed by atoms with Crippen molar-refractivity contribution >= 4 is 46.0 Å². The molecular weight excluding hydrogens is 541 g/mol. The number of aromatic nitrogens is 1. The van der Waals surface area contributed by atoms with Crippen LogP contribution >= 0.6 is 34.2 Å². The molecule has 1 aliphatic rings. The quantitative estimate of drug-likeness (QED) is 0.498. The largest absolute Gasteiger partial charge is 0.388 e. The number of carbonyl (C=O) groups is 2. The van der Waals surface area contributed by atoms with Gasteiger partial charge in [-0.05, 0) is 79.6 Å². The second-order valence-corrected chi connectivity index (χ2v) is 10.1. The summed E-state index contributed by atoms with van der Waals surface area (Å²) in [6, 6.07) is 9.05. The lowest BCUT2D eigenvalue weighted by atomic mass is 9.90. The van der Waals surface area contributed by atoms with Crippen molar-refractivity contribution in [3.8, 4) is 0 Å². The first kappa shape index (κ1) is 24.8. The van der Waals surface area contributed by atoms with Crippen molar-refractivity contribution < 1.29 is 14.7 Å². The summed E-state index contributed by atoms with van der Waals surface area (Å²) in [6.45, 7) is 5.63. The summed E-state index contributed by atoms with van der Waals surface area (Å²) < 4.78 is 2.75. The molecule has 1 N–H and O–H groups in total. The summed E-state index contributed by atoms with van der Waals surface area (Å²) in [6.07, 6.45) is 6.96. The molecule has 0 bridgehead atoms.